The molecule has 2 aliphatic rings. The van der Waals surface area contributed by atoms with Crippen molar-refractivity contribution in [3.63, 3.8) is 0 Å². The maximum absolute atomic E-state index is 12.6. The number of fused-ring (bicyclic) bond motifs is 1. The monoisotopic (exact) mass is 272 g/mol. The van der Waals surface area contributed by atoms with Gasteiger partial charge in [0, 0.05) is 12.2 Å². The zero-order chi connectivity index (χ0) is 14.1. The first-order valence-corrected chi connectivity index (χ1v) is 7.41. The van der Waals surface area contributed by atoms with Crippen LogP contribution in [0.4, 0.5) is 5.69 Å². The second-order valence-corrected chi connectivity index (χ2v) is 5.55. The maximum Gasteiger partial charge on any atom is 0.250 e. The van der Waals surface area contributed by atoms with Crippen molar-refractivity contribution in [2.24, 2.45) is 0 Å². The van der Waals surface area contributed by atoms with Crippen LogP contribution in [0.15, 0.2) is 24.3 Å². The highest BCUT2D eigenvalue weighted by Crippen LogP contribution is 2.29. The molecule has 0 aromatic heterocycles. The summed E-state index contributed by atoms with van der Waals surface area (Å²) in [7, 11) is 0. The third-order valence-electron chi connectivity index (χ3n) is 4.22. The Morgan fingerprint density at radius 2 is 2.05 bits per heavy atom. The van der Waals surface area contributed by atoms with Crippen LogP contribution in [-0.4, -0.2) is 35.8 Å². The lowest BCUT2D eigenvalue weighted by atomic mass is 10.0. The first-order valence-electron chi connectivity index (χ1n) is 7.41. The van der Waals surface area contributed by atoms with Crippen molar-refractivity contribution in [3.05, 3.63) is 29.8 Å². The highest BCUT2D eigenvalue weighted by molar-refractivity contribution is 6.07. The minimum Gasteiger partial charge on any atom is -0.329 e. The minimum absolute atomic E-state index is 0.0819. The summed E-state index contributed by atoms with van der Waals surface area (Å²) >= 11 is 0. The average Bonchev–Trinajstić information content (AvgIpc) is 2.94. The predicted molar refractivity (Wildman–Crippen MR) is 77.5 cm³/mol. The van der Waals surface area contributed by atoms with Gasteiger partial charge in [-0.05, 0) is 30.9 Å². The molecule has 2 amide bonds. The molecule has 0 aliphatic carbocycles. The number of rotatable bonds is 3. The lowest BCUT2D eigenvalue weighted by Crippen LogP contribution is -2.57. The van der Waals surface area contributed by atoms with Crippen molar-refractivity contribution < 1.29 is 9.59 Å². The van der Waals surface area contributed by atoms with E-state index >= 15 is 0 Å². The van der Waals surface area contributed by atoms with Gasteiger partial charge in [0.1, 0.15) is 12.6 Å². The molecule has 2 heterocycles. The highest BCUT2D eigenvalue weighted by atomic mass is 16.2. The molecule has 0 radical (unpaired) electrons. The Labute approximate surface area is 119 Å². The molecule has 2 aliphatic heterocycles. The van der Waals surface area contributed by atoms with Gasteiger partial charge in [0.05, 0.1) is 0 Å². The van der Waals surface area contributed by atoms with Gasteiger partial charge in [0.15, 0.2) is 0 Å². The van der Waals surface area contributed by atoms with Crippen LogP contribution in [0.3, 0.4) is 0 Å². The first kappa shape index (κ1) is 13.2. The van der Waals surface area contributed by atoms with Crippen molar-refractivity contribution >= 4 is 17.5 Å². The molecular formula is C16H20N2O2. The number of amides is 2. The van der Waals surface area contributed by atoms with E-state index in [1.807, 2.05) is 18.2 Å². The summed E-state index contributed by atoms with van der Waals surface area (Å²) < 4.78 is 0. The molecule has 4 heteroatoms. The number of para-hydroxylation sites is 1. The van der Waals surface area contributed by atoms with Crippen molar-refractivity contribution in [1.29, 1.82) is 0 Å². The smallest absolute Gasteiger partial charge is 0.250 e. The van der Waals surface area contributed by atoms with Gasteiger partial charge < -0.3 is 9.80 Å². The summed E-state index contributed by atoms with van der Waals surface area (Å²) in [5, 5.41) is 0. The molecule has 2 fully saturated rings. The average molecular weight is 272 g/mol. The number of carbonyl (C=O) groups excluding carboxylic acids is 2. The summed E-state index contributed by atoms with van der Waals surface area (Å²) in [5.41, 5.74) is 2.07. The predicted octanol–water partition coefficient (Wildman–Crippen LogP) is 1.98. The topological polar surface area (TPSA) is 40.6 Å². The van der Waals surface area contributed by atoms with Gasteiger partial charge in [-0.2, -0.15) is 0 Å². The molecular weight excluding hydrogens is 252 g/mol. The molecule has 0 saturated carbocycles. The molecule has 1 atom stereocenters. The number of benzene rings is 1. The fraction of sp³-hybridized carbons (Fsp3) is 0.500. The molecule has 1 aromatic carbocycles. The van der Waals surface area contributed by atoms with Crippen LogP contribution in [0.5, 0.6) is 0 Å². The number of carbonyl (C=O) groups is 2. The van der Waals surface area contributed by atoms with Crippen molar-refractivity contribution in [3.8, 4) is 0 Å². The number of hydrogen-bond donors (Lipinski definition) is 0. The third kappa shape index (κ3) is 2.09. The Hall–Kier alpha value is -1.84. The van der Waals surface area contributed by atoms with Crippen LogP contribution in [0, 0.1) is 0 Å². The van der Waals surface area contributed by atoms with Crippen LogP contribution in [-0.2, 0) is 16.0 Å². The van der Waals surface area contributed by atoms with Gasteiger partial charge in [-0.15, -0.1) is 0 Å². The molecule has 0 N–H and O–H groups in total. The van der Waals surface area contributed by atoms with Gasteiger partial charge >= 0.3 is 0 Å². The van der Waals surface area contributed by atoms with Gasteiger partial charge in [0.25, 0.3) is 0 Å². The normalized spacial score (nSPS) is 22.4. The van der Waals surface area contributed by atoms with E-state index in [-0.39, 0.29) is 24.4 Å². The summed E-state index contributed by atoms with van der Waals surface area (Å²) in [5.74, 6) is 0.170. The van der Waals surface area contributed by atoms with Crippen LogP contribution >= 0.6 is 0 Å². The number of anilines is 1. The van der Waals surface area contributed by atoms with Crippen molar-refractivity contribution in [2.45, 2.75) is 38.6 Å². The van der Waals surface area contributed by atoms with E-state index in [1.165, 1.54) is 0 Å². The molecule has 4 nitrogen and oxygen atoms in total. The lowest BCUT2D eigenvalue weighted by Gasteiger charge is -2.37. The van der Waals surface area contributed by atoms with Crippen LogP contribution in [0.1, 0.15) is 31.7 Å². The van der Waals surface area contributed by atoms with Gasteiger partial charge in [-0.25, -0.2) is 0 Å². The fourth-order valence-electron chi connectivity index (χ4n) is 3.26. The van der Waals surface area contributed by atoms with Gasteiger partial charge in [0.2, 0.25) is 11.8 Å². The first-order chi connectivity index (χ1) is 9.72. The molecule has 0 bridgehead atoms. The minimum atomic E-state index is -0.231. The number of piperazine rings is 1. The second kappa shape index (κ2) is 5.27. The lowest BCUT2D eigenvalue weighted by molar-refractivity contribution is -0.140. The van der Waals surface area contributed by atoms with Gasteiger partial charge in [-0.1, -0.05) is 31.5 Å². The molecule has 0 spiro atoms. The van der Waals surface area contributed by atoms with Crippen LogP contribution < -0.4 is 4.90 Å². The Kier molecular flexibility index (Phi) is 3.47. The zero-order valence-electron chi connectivity index (χ0n) is 11.8. The Balaban J connectivity index is 1.94. The van der Waals surface area contributed by atoms with E-state index in [0.29, 0.717) is 0 Å². The number of aryl methyl sites for hydroxylation is 1. The van der Waals surface area contributed by atoms with E-state index in [9.17, 15) is 9.59 Å². The van der Waals surface area contributed by atoms with Gasteiger partial charge in [-0.3, -0.25) is 9.59 Å². The van der Waals surface area contributed by atoms with Crippen molar-refractivity contribution in [1.82, 2.24) is 4.90 Å². The Morgan fingerprint density at radius 1 is 1.25 bits per heavy atom. The SMILES string of the molecule is CCCc1ccccc1N1CC(=O)N2CCCC2C1=O. The Bertz CT molecular complexity index is 541. The van der Waals surface area contributed by atoms with E-state index in [0.717, 1.165) is 43.5 Å². The van der Waals surface area contributed by atoms with E-state index in [4.69, 9.17) is 0 Å². The molecule has 1 aromatic rings. The van der Waals surface area contributed by atoms with Crippen molar-refractivity contribution in [2.75, 3.05) is 18.0 Å². The highest BCUT2D eigenvalue weighted by Gasteiger charge is 2.42. The zero-order valence-corrected chi connectivity index (χ0v) is 11.8. The van der Waals surface area contributed by atoms with E-state index in [1.54, 1.807) is 9.80 Å². The van der Waals surface area contributed by atoms with Crippen LogP contribution in [0.25, 0.3) is 0 Å². The summed E-state index contributed by atoms with van der Waals surface area (Å²) in [6.07, 6.45) is 3.70. The van der Waals surface area contributed by atoms with Crippen LogP contribution in [0.2, 0.25) is 0 Å². The quantitative estimate of drug-likeness (QED) is 0.844. The molecule has 106 valence electrons. The Morgan fingerprint density at radius 3 is 2.85 bits per heavy atom. The summed E-state index contributed by atoms with van der Waals surface area (Å²) in [6.45, 7) is 3.05. The molecule has 3 rings (SSSR count). The maximum atomic E-state index is 12.6. The molecule has 20 heavy (non-hydrogen) atoms. The summed E-state index contributed by atoms with van der Waals surface area (Å²) in [4.78, 5) is 28.3. The van der Waals surface area contributed by atoms with E-state index in [2.05, 4.69) is 13.0 Å². The molecule has 1 unspecified atom stereocenters. The third-order valence-corrected chi connectivity index (χ3v) is 4.22. The number of nitrogens with zero attached hydrogens (tertiary/aromatic N) is 2. The fourth-order valence-corrected chi connectivity index (χ4v) is 3.26. The molecule has 2 saturated heterocycles. The standard InChI is InChI=1S/C16H20N2O2/c1-2-6-12-7-3-4-8-13(12)18-11-15(19)17-10-5-9-14(17)16(18)20/h3-4,7-8,14H,2,5-6,9-11H2,1H3. The number of hydrogen-bond acceptors (Lipinski definition) is 2. The summed E-state index contributed by atoms with van der Waals surface area (Å²) in [6, 6.07) is 7.71. The largest absolute Gasteiger partial charge is 0.329 e. The second-order valence-electron chi connectivity index (χ2n) is 5.55. The van der Waals surface area contributed by atoms with E-state index < -0.39 is 0 Å².